The van der Waals surface area contributed by atoms with Gasteiger partial charge >= 0.3 is 0 Å². The molecule has 5 heteroatoms. The van der Waals surface area contributed by atoms with Crippen LogP contribution in [0.4, 0.5) is 0 Å². The Bertz CT molecular complexity index is 973. The van der Waals surface area contributed by atoms with Gasteiger partial charge in [-0.1, -0.05) is 36.4 Å². The number of aromatic nitrogens is 2. The number of carbonyl (C=O) groups excluding carboxylic acids is 2. The van der Waals surface area contributed by atoms with Gasteiger partial charge in [0.15, 0.2) is 5.78 Å². The molecule has 1 atom stereocenters. The molecule has 0 bridgehead atoms. The molecule has 5 nitrogen and oxygen atoms in total. The van der Waals surface area contributed by atoms with Gasteiger partial charge < -0.3 is 9.88 Å². The fourth-order valence-electron chi connectivity index (χ4n) is 3.23. The molecule has 1 aliphatic rings. The normalized spacial score (nSPS) is 14.5. The molecule has 0 spiro atoms. The van der Waals surface area contributed by atoms with Crippen molar-refractivity contribution in [1.29, 1.82) is 0 Å². The summed E-state index contributed by atoms with van der Waals surface area (Å²) in [7, 11) is 0. The molecule has 1 saturated carbocycles. The number of amides is 1. The van der Waals surface area contributed by atoms with E-state index in [9.17, 15) is 9.59 Å². The summed E-state index contributed by atoms with van der Waals surface area (Å²) in [5.41, 5.74) is 3.34. The molecular weight excluding hydrogens is 350 g/mol. The predicted octanol–water partition coefficient (Wildman–Crippen LogP) is 4.13. The maximum absolute atomic E-state index is 12.5. The van der Waals surface area contributed by atoms with Crippen molar-refractivity contribution in [3.63, 3.8) is 0 Å². The van der Waals surface area contributed by atoms with Gasteiger partial charge in [-0.05, 0) is 43.0 Å². The predicted molar refractivity (Wildman–Crippen MR) is 108 cm³/mol. The van der Waals surface area contributed by atoms with E-state index in [0.29, 0.717) is 12.1 Å². The maximum atomic E-state index is 12.5. The number of rotatable bonds is 7. The summed E-state index contributed by atoms with van der Waals surface area (Å²) in [5, 5.41) is 2.98. The third kappa shape index (κ3) is 4.03. The second kappa shape index (κ2) is 7.80. The lowest BCUT2D eigenvalue weighted by atomic mass is 9.99. The number of benzene rings is 2. The van der Waals surface area contributed by atoms with Crippen molar-refractivity contribution in [3.05, 3.63) is 78.4 Å². The fraction of sp³-hybridized carbons (Fsp3) is 0.261. The van der Waals surface area contributed by atoms with Gasteiger partial charge in [-0.3, -0.25) is 9.59 Å². The first-order valence-corrected chi connectivity index (χ1v) is 9.62. The SMILES string of the molecule is C[C@H](CNC(=O)c1cccc(-c2ccc(C(=O)C3CC3)cc2)c1)n1ccnc1. The third-order valence-electron chi connectivity index (χ3n) is 5.17. The molecule has 0 aliphatic heterocycles. The average molecular weight is 373 g/mol. The second-order valence-corrected chi connectivity index (χ2v) is 7.37. The number of Topliss-reactive ketones (excluding diaryl/α,β-unsaturated/α-hetero) is 1. The quantitative estimate of drug-likeness (QED) is 0.633. The van der Waals surface area contributed by atoms with Crippen molar-refractivity contribution in [2.24, 2.45) is 5.92 Å². The molecule has 0 saturated heterocycles. The highest BCUT2D eigenvalue weighted by atomic mass is 16.1. The van der Waals surface area contributed by atoms with Crippen LogP contribution < -0.4 is 5.32 Å². The van der Waals surface area contributed by atoms with Crippen LogP contribution in [0.1, 0.15) is 46.5 Å². The fourth-order valence-corrected chi connectivity index (χ4v) is 3.23. The van der Waals surface area contributed by atoms with Crippen molar-refractivity contribution in [2.45, 2.75) is 25.8 Å². The zero-order chi connectivity index (χ0) is 19.5. The first kappa shape index (κ1) is 18.2. The lowest BCUT2D eigenvalue weighted by molar-refractivity contribution is 0.0946. The molecule has 1 amide bonds. The smallest absolute Gasteiger partial charge is 0.251 e. The van der Waals surface area contributed by atoms with E-state index >= 15 is 0 Å². The van der Waals surface area contributed by atoms with Crippen molar-refractivity contribution >= 4 is 11.7 Å². The highest BCUT2D eigenvalue weighted by Gasteiger charge is 2.30. The molecule has 2 aromatic carbocycles. The molecule has 1 aromatic heterocycles. The molecule has 3 aromatic rings. The van der Waals surface area contributed by atoms with Gasteiger partial charge in [0.2, 0.25) is 0 Å². The summed E-state index contributed by atoms with van der Waals surface area (Å²) in [5.74, 6) is 0.364. The number of nitrogens with zero attached hydrogens (tertiary/aromatic N) is 2. The average Bonchev–Trinajstić information content (AvgIpc) is 3.45. The van der Waals surface area contributed by atoms with Crippen LogP contribution in [0, 0.1) is 5.92 Å². The molecule has 1 fully saturated rings. The Hall–Kier alpha value is -3.21. The molecule has 1 N–H and O–H groups in total. The molecule has 28 heavy (non-hydrogen) atoms. The topological polar surface area (TPSA) is 64.0 Å². The minimum absolute atomic E-state index is 0.102. The largest absolute Gasteiger partial charge is 0.350 e. The summed E-state index contributed by atoms with van der Waals surface area (Å²) < 4.78 is 1.96. The van der Waals surface area contributed by atoms with Gasteiger partial charge in [-0.15, -0.1) is 0 Å². The van der Waals surface area contributed by atoms with Gasteiger partial charge in [0.1, 0.15) is 0 Å². The summed E-state index contributed by atoms with van der Waals surface area (Å²) in [4.78, 5) is 28.7. The molecule has 0 unspecified atom stereocenters. The van der Waals surface area contributed by atoms with Crippen LogP contribution in [0.15, 0.2) is 67.3 Å². The third-order valence-corrected chi connectivity index (χ3v) is 5.17. The van der Waals surface area contributed by atoms with Gasteiger partial charge in [0.25, 0.3) is 5.91 Å². The lowest BCUT2D eigenvalue weighted by Gasteiger charge is -2.14. The van der Waals surface area contributed by atoms with Crippen molar-refractivity contribution < 1.29 is 9.59 Å². The molecular formula is C23H23N3O2. The molecule has 1 heterocycles. The number of ketones is 1. The minimum Gasteiger partial charge on any atom is -0.350 e. The van der Waals surface area contributed by atoms with Gasteiger partial charge in [0, 0.05) is 42.0 Å². The van der Waals surface area contributed by atoms with E-state index in [4.69, 9.17) is 0 Å². The summed E-state index contributed by atoms with van der Waals surface area (Å²) in [6.07, 6.45) is 7.38. The van der Waals surface area contributed by atoms with Crippen LogP contribution in [0.3, 0.4) is 0 Å². The van der Waals surface area contributed by atoms with E-state index in [-0.39, 0.29) is 23.7 Å². The first-order chi connectivity index (χ1) is 13.6. The number of carbonyl (C=O) groups is 2. The van der Waals surface area contributed by atoms with Gasteiger partial charge in [0.05, 0.1) is 6.33 Å². The molecule has 142 valence electrons. The number of imidazole rings is 1. The van der Waals surface area contributed by atoms with E-state index in [2.05, 4.69) is 10.3 Å². The number of nitrogens with one attached hydrogen (secondary N) is 1. The second-order valence-electron chi connectivity index (χ2n) is 7.37. The van der Waals surface area contributed by atoms with Crippen LogP contribution in [0.5, 0.6) is 0 Å². The Kier molecular flexibility index (Phi) is 5.06. The Morgan fingerprint density at radius 3 is 2.57 bits per heavy atom. The standard InChI is InChI=1S/C23H23N3O2/c1-16(26-12-11-24-15-26)14-25-23(28)21-4-2-3-20(13-21)17-5-7-18(8-6-17)22(27)19-9-10-19/h2-8,11-13,15-16,19H,9-10,14H2,1H3,(H,25,28)/t16-/m1/s1. The van der Waals surface area contributed by atoms with Crippen LogP contribution in [0.2, 0.25) is 0 Å². The van der Waals surface area contributed by atoms with E-state index in [1.807, 2.05) is 66.2 Å². The van der Waals surface area contributed by atoms with E-state index in [1.165, 1.54) is 0 Å². The Morgan fingerprint density at radius 2 is 1.89 bits per heavy atom. The van der Waals surface area contributed by atoms with Crippen molar-refractivity contribution in [3.8, 4) is 11.1 Å². The maximum Gasteiger partial charge on any atom is 0.251 e. The highest BCUT2D eigenvalue weighted by molar-refractivity contribution is 5.99. The van der Waals surface area contributed by atoms with E-state index < -0.39 is 0 Å². The lowest BCUT2D eigenvalue weighted by Crippen LogP contribution is -2.29. The minimum atomic E-state index is -0.102. The Labute approximate surface area is 164 Å². The van der Waals surface area contributed by atoms with Gasteiger partial charge in [-0.2, -0.15) is 0 Å². The highest BCUT2D eigenvalue weighted by Crippen LogP contribution is 2.33. The van der Waals surface area contributed by atoms with Crippen LogP contribution in [-0.4, -0.2) is 27.8 Å². The first-order valence-electron chi connectivity index (χ1n) is 9.62. The van der Waals surface area contributed by atoms with Crippen LogP contribution in [0.25, 0.3) is 11.1 Å². The van der Waals surface area contributed by atoms with Crippen LogP contribution >= 0.6 is 0 Å². The zero-order valence-corrected chi connectivity index (χ0v) is 15.8. The monoisotopic (exact) mass is 373 g/mol. The summed E-state index contributed by atoms with van der Waals surface area (Å²) >= 11 is 0. The van der Waals surface area contributed by atoms with Gasteiger partial charge in [-0.25, -0.2) is 4.98 Å². The van der Waals surface area contributed by atoms with Crippen molar-refractivity contribution in [2.75, 3.05) is 6.54 Å². The van der Waals surface area contributed by atoms with Crippen LogP contribution in [-0.2, 0) is 0 Å². The summed E-state index contributed by atoms with van der Waals surface area (Å²) in [6, 6.07) is 15.4. The molecule has 4 rings (SSSR count). The van der Waals surface area contributed by atoms with E-state index in [1.54, 1.807) is 12.5 Å². The Morgan fingerprint density at radius 1 is 1.11 bits per heavy atom. The number of hydrogen-bond donors (Lipinski definition) is 1. The molecule has 0 radical (unpaired) electrons. The van der Waals surface area contributed by atoms with E-state index in [0.717, 1.165) is 29.5 Å². The van der Waals surface area contributed by atoms with Crippen molar-refractivity contribution in [1.82, 2.24) is 14.9 Å². The zero-order valence-electron chi connectivity index (χ0n) is 15.8. The Balaban J connectivity index is 1.43. The number of hydrogen-bond acceptors (Lipinski definition) is 3. The summed E-state index contributed by atoms with van der Waals surface area (Å²) in [6.45, 7) is 2.56. The molecule has 1 aliphatic carbocycles.